The second-order valence-electron chi connectivity index (χ2n) is 7.28. The van der Waals surface area contributed by atoms with E-state index >= 15 is 0 Å². The molecule has 1 aliphatic rings. The SMILES string of the molecule is C=C(C)c1cccc(C(C)(C)NC(=O)Nc2ccc3c(c2)OCCCO3)c1. The predicted octanol–water partition coefficient (Wildman–Crippen LogP) is 4.94. The first kappa shape index (κ1) is 18.8. The molecule has 0 aromatic heterocycles. The minimum Gasteiger partial charge on any atom is -0.490 e. The number of rotatable bonds is 4. The van der Waals surface area contributed by atoms with Gasteiger partial charge in [0.15, 0.2) is 11.5 Å². The van der Waals surface area contributed by atoms with Crippen LogP contribution < -0.4 is 20.1 Å². The molecule has 142 valence electrons. The van der Waals surface area contributed by atoms with E-state index in [1.807, 2.05) is 51.1 Å². The molecule has 0 radical (unpaired) electrons. The summed E-state index contributed by atoms with van der Waals surface area (Å²) in [6.45, 7) is 11.1. The molecule has 0 unspecified atom stereocenters. The topological polar surface area (TPSA) is 59.6 Å². The summed E-state index contributed by atoms with van der Waals surface area (Å²) in [4.78, 5) is 12.5. The highest BCUT2D eigenvalue weighted by Crippen LogP contribution is 2.32. The zero-order chi connectivity index (χ0) is 19.4. The van der Waals surface area contributed by atoms with Crippen molar-refractivity contribution in [2.24, 2.45) is 0 Å². The average molecular weight is 366 g/mol. The number of allylic oxidation sites excluding steroid dienone is 1. The lowest BCUT2D eigenvalue weighted by atomic mass is 9.92. The largest absolute Gasteiger partial charge is 0.490 e. The van der Waals surface area contributed by atoms with Crippen molar-refractivity contribution in [2.75, 3.05) is 18.5 Å². The Kier molecular flexibility index (Phi) is 5.40. The molecule has 2 amide bonds. The van der Waals surface area contributed by atoms with Gasteiger partial charge in [-0.1, -0.05) is 30.4 Å². The zero-order valence-electron chi connectivity index (χ0n) is 16.1. The number of fused-ring (bicyclic) bond motifs is 1. The second kappa shape index (κ2) is 7.74. The van der Waals surface area contributed by atoms with E-state index < -0.39 is 5.54 Å². The van der Waals surface area contributed by atoms with Crippen molar-refractivity contribution >= 4 is 17.3 Å². The molecule has 0 saturated carbocycles. The van der Waals surface area contributed by atoms with E-state index in [0.717, 1.165) is 23.1 Å². The molecule has 0 bridgehead atoms. The van der Waals surface area contributed by atoms with E-state index in [1.54, 1.807) is 6.07 Å². The number of nitrogens with one attached hydrogen (secondary N) is 2. The van der Waals surface area contributed by atoms with Gasteiger partial charge >= 0.3 is 6.03 Å². The van der Waals surface area contributed by atoms with Gasteiger partial charge in [-0.25, -0.2) is 4.79 Å². The number of hydrogen-bond donors (Lipinski definition) is 2. The average Bonchev–Trinajstić information content (AvgIpc) is 2.86. The highest BCUT2D eigenvalue weighted by Gasteiger charge is 2.23. The molecule has 0 spiro atoms. The Morgan fingerprint density at radius 3 is 2.56 bits per heavy atom. The van der Waals surface area contributed by atoms with Crippen molar-refractivity contribution in [1.82, 2.24) is 5.32 Å². The summed E-state index contributed by atoms with van der Waals surface area (Å²) in [5, 5.41) is 5.90. The number of carbonyl (C=O) groups excluding carboxylic acids is 1. The highest BCUT2D eigenvalue weighted by molar-refractivity contribution is 5.90. The maximum absolute atomic E-state index is 12.5. The van der Waals surface area contributed by atoms with E-state index in [1.165, 1.54) is 0 Å². The Hall–Kier alpha value is -2.95. The van der Waals surface area contributed by atoms with Gasteiger partial charge < -0.3 is 20.1 Å². The Morgan fingerprint density at radius 1 is 1.07 bits per heavy atom. The molecular formula is C22H26N2O3. The van der Waals surface area contributed by atoms with Crippen molar-refractivity contribution in [3.63, 3.8) is 0 Å². The van der Waals surface area contributed by atoms with Crippen LogP contribution in [0, 0.1) is 0 Å². The van der Waals surface area contributed by atoms with E-state index in [9.17, 15) is 4.79 Å². The first-order valence-electron chi connectivity index (χ1n) is 9.10. The summed E-state index contributed by atoms with van der Waals surface area (Å²) in [5.41, 5.74) is 3.18. The van der Waals surface area contributed by atoms with Crippen LogP contribution in [0.15, 0.2) is 49.0 Å². The molecule has 2 N–H and O–H groups in total. The molecule has 1 heterocycles. The molecule has 5 nitrogen and oxygen atoms in total. The standard InChI is InChI=1S/C22H26N2O3/c1-15(2)16-7-5-8-17(13-16)22(3,4)24-21(25)23-18-9-10-19-20(14-18)27-12-6-11-26-19/h5,7-10,13-14H,1,6,11-12H2,2-4H3,(H2,23,24,25). The summed E-state index contributed by atoms with van der Waals surface area (Å²) in [6.07, 6.45) is 0.843. The maximum Gasteiger partial charge on any atom is 0.319 e. The van der Waals surface area contributed by atoms with Gasteiger partial charge in [-0.2, -0.15) is 0 Å². The van der Waals surface area contributed by atoms with Gasteiger partial charge in [-0.05, 0) is 50.1 Å². The second-order valence-corrected chi connectivity index (χ2v) is 7.28. The molecule has 0 saturated heterocycles. The molecular weight excluding hydrogens is 340 g/mol. The van der Waals surface area contributed by atoms with Gasteiger partial charge in [-0.15, -0.1) is 0 Å². The first-order valence-corrected chi connectivity index (χ1v) is 9.10. The molecule has 2 aromatic carbocycles. The van der Waals surface area contributed by atoms with Crippen LogP contribution in [0.1, 0.15) is 38.3 Å². The molecule has 0 atom stereocenters. The van der Waals surface area contributed by atoms with Gasteiger partial charge in [0, 0.05) is 18.2 Å². The highest BCUT2D eigenvalue weighted by atomic mass is 16.5. The number of ether oxygens (including phenoxy) is 2. The molecule has 2 aromatic rings. The van der Waals surface area contributed by atoms with Gasteiger partial charge in [0.25, 0.3) is 0 Å². The molecule has 27 heavy (non-hydrogen) atoms. The van der Waals surface area contributed by atoms with Gasteiger partial charge in [0.2, 0.25) is 0 Å². The van der Waals surface area contributed by atoms with Crippen LogP contribution in [-0.4, -0.2) is 19.2 Å². The monoisotopic (exact) mass is 366 g/mol. The van der Waals surface area contributed by atoms with Crippen LogP contribution in [0.2, 0.25) is 0 Å². The van der Waals surface area contributed by atoms with Gasteiger partial charge in [0.05, 0.1) is 18.8 Å². The van der Waals surface area contributed by atoms with E-state index in [0.29, 0.717) is 30.4 Å². The Labute approximate surface area is 160 Å². The van der Waals surface area contributed by atoms with Crippen LogP contribution in [0.5, 0.6) is 11.5 Å². The first-order chi connectivity index (χ1) is 12.8. The van der Waals surface area contributed by atoms with Crippen molar-refractivity contribution < 1.29 is 14.3 Å². The van der Waals surface area contributed by atoms with Crippen molar-refractivity contribution in [3.8, 4) is 11.5 Å². The van der Waals surface area contributed by atoms with Gasteiger partial charge in [0.1, 0.15) is 0 Å². The third-order valence-corrected chi connectivity index (χ3v) is 4.51. The molecule has 0 aliphatic carbocycles. The number of benzene rings is 2. The fraction of sp³-hybridized carbons (Fsp3) is 0.318. The Bertz CT molecular complexity index is 858. The summed E-state index contributed by atoms with van der Waals surface area (Å²) in [5.74, 6) is 1.36. The summed E-state index contributed by atoms with van der Waals surface area (Å²) < 4.78 is 11.3. The smallest absolute Gasteiger partial charge is 0.319 e. The van der Waals surface area contributed by atoms with E-state index in [-0.39, 0.29) is 6.03 Å². The van der Waals surface area contributed by atoms with E-state index in [4.69, 9.17) is 9.47 Å². The van der Waals surface area contributed by atoms with Crippen LogP contribution in [0.3, 0.4) is 0 Å². The molecule has 3 rings (SSSR count). The quantitative estimate of drug-likeness (QED) is 0.806. The number of urea groups is 1. The molecule has 1 aliphatic heterocycles. The fourth-order valence-corrected chi connectivity index (χ4v) is 2.93. The fourth-order valence-electron chi connectivity index (χ4n) is 2.93. The van der Waals surface area contributed by atoms with E-state index in [2.05, 4.69) is 23.3 Å². The number of amides is 2. The van der Waals surface area contributed by atoms with Crippen molar-refractivity contribution in [1.29, 1.82) is 0 Å². The summed E-state index contributed by atoms with van der Waals surface area (Å²) in [6, 6.07) is 13.2. The third-order valence-electron chi connectivity index (χ3n) is 4.51. The number of carbonyl (C=O) groups is 1. The minimum atomic E-state index is -0.541. The lowest BCUT2D eigenvalue weighted by Crippen LogP contribution is -2.43. The summed E-state index contributed by atoms with van der Waals surface area (Å²) >= 11 is 0. The lowest BCUT2D eigenvalue weighted by molar-refractivity contribution is 0.242. The predicted molar refractivity (Wildman–Crippen MR) is 108 cm³/mol. The number of anilines is 1. The van der Waals surface area contributed by atoms with Crippen LogP contribution in [0.4, 0.5) is 10.5 Å². The lowest BCUT2D eigenvalue weighted by Gasteiger charge is -2.27. The van der Waals surface area contributed by atoms with Crippen LogP contribution in [0.25, 0.3) is 5.57 Å². The Balaban J connectivity index is 1.70. The normalized spacial score (nSPS) is 13.4. The third kappa shape index (κ3) is 4.61. The zero-order valence-corrected chi connectivity index (χ0v) is 16.1. The van der Waals surface area contributed by atoms with Crippen LogP contribution >= 0.6 is 0 Å². The maximum atomic E-state index is 12.5. The van der Waals surface area contributed by atoms with Crippen molar-refractivity contribution in [2.45, 2.75) is 32.7 Å². The summed E-state index contributed by atoms with van der Waals surface area (Å²) in [7, 11) is 0. The van der Waals surface area contributed by atoms with Crippen molar-refractivity contribution in [3.05, 3.63) is 60.2 Å². The minimum absolute atomic E-state index is 0.282. The molecule has 0 fully saturated rings. The molecule has 5 heteroatoms. The Morgan fingerprint density at radius 2 is 1.81 bits per heavy atom. The van der Waals surface area contributed by atoms with Crippen LogP contribution in [-0.2, 0) is 5.54 Å². The van der Waals surface area contributed by atoms with Gasteiger partial charge in [-0.3, -0.25) is 0 Å². The number of hydrogen-bond acceptors (Lipinski definition) is 3.